The van der Waals surface area contributed by atoms with Crippen molar-refractivity contribution >= 4 is 0 Å². The number of nitrogens with zero attached hydrogens (tertiary/aromatic N) is 1. The summed E-state index contributed by atoms with van der Waals surface area (Å²) in [7, 11) is 1.81. The molecule has 1 aliphatic heterocycles. The van der Waals surface area contributed by atoms with Gasteiger partial charge in [-0.05, 0) is 30.9 Å². The fourth-order valence-corrected chi connectivity index (χ4v) is 2.79. The number of rotatable bonds is 7. The molecule has 0 spiro atoms. The average molecular weight is 262 g/mol. The molecular weight excluding hydrogens is 236 g/mol. The van der Waals surface area contributed by atoms with Gasteiger partial charge in [0.2, 0.25) is 0 Å². The van der Waals surface area contributed by atoms with Crippen LogP contribution in [0.1, 0.15) is 18.4 Å². The van der Waals surface area contributed by atoms with Crippen LogP contribution in [-0.2, 0) is 11.3 Å². The van der Waals surface area contributed by atoms with Crippen molar-refractivity contribution in [2.45, 2.75) is 19.4 Å². The largest absolute Gasteiger partial charge is 0.384 e. The third-order valence-electron chi connectivity index (χ3n) is 3.78. The highest BCUT2D eigenvalue weighted by Gasteiger charge is 2.18. The van der Waals surface area contributed by atoms with E-state index in [1.54, 1.807) is 7.11 Å². The molecule has 1 aromatic rings. The molecule has 1 aliphatic rings. The molecule has 0 bridgehead atoms. The molecule has 1 unspecified atom stereocenters. The third kappa shape index (κ3) is 5.31. The normalized spacial score (nSPS) is 20.6. The summed E-state index contributed by atoms with van der Waals surface area (Å²) in [5, 5.41) is 3.52. The van der Waals surface area contributed by atoms with Crippen molar-refractivity contribution < 1.29 is 4.74 Å². The molecule has 0 amide bonds. The van der Waals surface area contributed by atoms with Gasteiger partial charge in [0.1, 0.15) is 0 Å². The molecule has 0 radical (unpaired) electrons. The SMILES string of the molecule is COCC1CCCN(CCNCc2ccccc2)C1. The number of methoxy groups -OCH3 is 1. The Morgan fingerprint density at radius 1 is 1.32 bits per heavy atom. The van der Waals surface area contributed by atoms with Crippen molar-refractivity contribution in [2.24, 2.45) is 5.92 Å². The van der Waals surface area contributed by atoms with Crippen LogP contribution in [0.25, 0.3) is 0 Å². The Morgan fingerprint density at radius 2 is 2.16 bits per heavy atom. The van der Waals surface area contributed by atoms with Crippen LogP contribution in [-0.4, -0.2) is 44.8 Å². The van der Waals surface area contributed by atoms with Gasteiger partial charge in [-0.25, -0.2) is 0 Å². The summed E-state index contributed by atoms with van der Waals surface area (Å²) < 4.78 is 5.27. The van der Waals surface area contributed by atoms with Crippen LogP contribution in [0.5, 0.6) is 0 Å². The van der Waals surface area contributed by atoms with Crippen LogP contribution in [0, 0.1) is 5.92 Å². The van der Waals surface area contributed by atoms with E-state index in [9.17, 15) is 0 Å². The van der Waals surface area contributed by atoms with E-state index in [-0.39, 0.29) is 0 Å². The lowest BCUT2D eigenvalue weighted by molar-refractivity contribution is 0.0910. The van der Waals surface area contributed by atoms with Gasteiger partial charge in [0.25, 0.3) is 0 Å². The van der Waals surface area contributed by atoms with Crippen LogP contribution in [0.4, 0.5) is 0 Å². The van der Waals surface area contributed by atoms with Gasteiger partial charge in [-0.15, -0.1) is 0 Å². The van der Waals surface area contributed by atoms with Gasteiger partial charge in [-0.3, -0.25) is 0 Å². The Labute approximate surface area is 116 Å². The number of nitrogens with one attached hydrogen (secondary N) is 1. The number of ether oxygens (including phenoxy) is 1. The van der Waals surface area contributed by atoms with Crippen LogP contribution >= 0.6 is 0 Å². The first-order valence-corrected chi connectivity index (χ1v) is 7.34. The fourth-order valence-electron chi connectivity index (χ4n) is 2.79. The first kappa shape index (κ1) is 14.5. The minimum absolute atomic E-state index is 0.730. The Kier molecular flexibility index (Phi) is 6.34. The zero-order valence-corrected chi connectivity index (χ0v) is 12.0. The van der Waals surface area contributed by atoms with Crippen molar-refractivity contribution in [1.29, 1.82) is 0 Å². The highest BCUT2D eigenvalue weighted by molar-refractivity contribution is 5.14. The van der Waals surface area contributed by atoms with E-state index in [1.807, 2.05) is 0 Å². The molecule has 1 aromatic carbocycles. The molecule has 0 aliphatic carbocycles. The zero-order chi connectivity index (χ0) is 13.3. The number of hydrogen-bond acceptors (Lipinski definition) is 3. The number of hydrogen-bond donors (Lipinski definition) is 1. The Morgan fingerprint density at radius 3 is 2.95 bits per heavy atom. The number of piperidine rings is 1. The standard InChI is InChI=1S/C16H26N2O/c1-19-14-16-8-5-10-18(13-16)11-9-17-12-15-6-3-2-4-7-15/h2-4,6-7,16-17H,5,8-14H2,1H3. The smallest absolute Gasteiger partial charge is 0.0502 e. The maximum atomic E-state index is 5.27. The maximum Gasteiger partial charge on any atom is 0.0502 e. The molecule has 1 saturated heterocycles. The lowest BCUT2D eigenvalue weighted by Gasteiger charge is -2.32. The fraction of sp³-hybridized carbons (Fsp3) is 0.625. The topological polar surface area (TPSA) is 24.5 Å². The van der Waals surface area contributed by atoms with E-state index in [1.165, 1.54) is 31.5 Å². The van der Waals surface area contributed by atoms with Crippen molar-refractivity contribution in [3.63, 3.8) is 0 Å². The molecule has 1 heterocycles. The van der Waals surface area contributed by atoms with E-state index in [2.05, 4.69) is 40.5 Å². The zero-order valence-electron chi connectivity index (χ0n) is 12.0. The predicted molar refractivity (Wildman–Crippen MR) is 79.2 cm³/mol. The van der Waals surface area contributed by atoms with Crippen LogP contribution in [0.15, 0.2) is 30.3 Å². The summed E-state index contributed by atoms with van der Waals surface area (Å²) in [6.07, 6.45) is 2.63. The number of likely N-dealkylation sites (tertiary alicyclic amines) is 1. The molecule has 106 valence electrons. The van der Waals surface area contributed by atoms with E-state index in [0.29, 0.717) is 0 Å². The van der Waals surface area contributed by atoms with Gasteiger partial charge in [0.05, 0.1) is 6.61 Å². The summed E-state index contributed by atoms with van der Waals surface area (Å²) in [5.41, 5.74) is 1.36. The quantitative estimate of drug-likeness (QED) is 0.762. The second kappa shape index (κ2) is 8.31. The second-order valence-electron chi connectivity index (χ2n) is 5.43. The van der Waals surface area contributed by atoms with Gasteiger partial charge in [-0.2, -0.15) is 0 Å². The molecule has 3 nitrogen and oxygen atoms in total. The predicted octanol–water partition coefficient (Wildman–Crippen LogP) is 2.13. The molecule has 3 heteroatoms. The molecule has 1 fully saturated rings. The molecule has 19 heavy (non-hydrogen) atoms. The first-order valence-electron chi connectivity index (χ1n) is 7.34. The van der Waals surface area contributed by atoms with Crippen molar-refractivity contribution in [3.05, 3.63) is 35.9 Å². The van der Waals surface area contributed by atoms with Crippen LogP contribution in [0.2, 0.25) is 0 Å². The van der Waals surface area contributed by atoms with Gasteiger partial charge in [-0.1, -0.05) is 30.3 Å². The molecular formula is C16H26N2O. The molecule has 0 saturated carbocycles. The van der Waals surface area contributed by atoms with Gasteiger partial charge >= 0.3 is 0 Å². The molecule has 1 atom stereocenters. The van der Waals surface area contributed by atoms with Gasteiger partial charge in [0, 0.05) is 33.3 Å². The minimum Gasteiger partial charge on any atom is -0.384 e. The molecule has 0 aromatic heterocycles. The highest BCUT2D eigenvalue weighted by Crippen LogP contribution is 2.15. The van der Waals surface area contributed by atoms with Gasteiger partial charge in [0.15, 0.2) is 0 Å². The minimum atomic E-state index is 0.730. The van der Waals surface area contributed by atoms with E-state index >= 15 is 0 Å². The third-order valence-corrected chi connectivity index (χ3v) is 3.78. The Hall–Kier alpha value is -0.900. The lowest BCUT2D eigenvalue weighted by Crippen LogP contribution is -2.40. The maximum absolute atomic E-state index is 5.27. The summed E-state index contributed by atoms with van der Waals surface area (Å²) in [5.74, 6) is 0.730. The van der Waals surface area contributed by atoms with E-state index in [4.69, 9.17) is 4.74 Å². The van der Waals surface area contributed by atoms with E-state index in [0.717, 1.165) is 32.2 Å². The van der Waals surface area contributed by atoms with Crippen molar-refractivity contribution in [1.82, 2.24) is 10.2 Å². The summed E-state index contributed by atoms with van der Waals surface area (Å²) in [6, 6.07) is 10.6. The lowest BCUT2D eigenvalue weighted by atomic mass is 9.99. The molecule has 1 N–H and O–H groups in total. The van der Waals surface area contributed by atoms with Crippen molar-refractivity contribution in [2.75, 3.05) is 39.9 Å². The summed E-state index contributed by atoms with van der Waals surface area (Å²) in [4.78, 5) is 2.56. The number of benzene rings is 1. The van der Waals surface area contributed by atoms with Crippen LogP contribution in [0.3, 0.4) is 0 Å². The summed E-state index contributed by atoms with van der Waals surface area (Å²) in [6.45, 7) is 6.53. The Bertz CT molecular complexity index is 340. The highest BCUT2D eigenvalue weighted by atomic mass is 16.5. The molecule has 2 rings (SSSR count). The van der Waals surface area contributed by atoms with Crippen LogP contribution < -0.4 is 5.32 Å². The monoisotopic (exact) mass is 262 g/mol. The average Bonchev–Trinajstić information content (AvgIpc) is 2.46. The second-order valence-corrected chi connectivity index (χ2v) is 5.43. The first-order chi connectivity index (χ1) is 9.38. The van der Waals surface area contributed by atoms with E-state index < -0.39 is 0 Å². The Balaban J connectivity index is 1.60. The van der Waals surface area contributed by atoms with Gasteiger partial charge < -0.3 is 15.0 Å². The van der Waals surface area contributed by atoms with Crippen molar-refractivity contribution in [3.8, 4) is 0 Å². The summed E-state index contributed by atoms with van der Waals surface area (Å²) >= 11 is 0.